The molecule has 1 atom stereocenters. The van der Waals surface area contributed by atoms with Crippen molar-refractivity contribution in [1.82, 2.24) is 14.5 Å². The zero-order valence-electron chi connectivity index (χ0n) is 21.2. The highest BCUT2D eigenvalue weighted by Gasteiger charge is 2.34. The van der Waals surface area contributed by atoms with Crippen LogP contribution in [0.25, 0.3) is 16.0 Å². The van der Waals surface area contributed by atoms with Gasteiger partial charge < -0.3 is 15.4 Å². The summed E-state index contributed by atoms with van der Waals surface area (Å²) in [4.78, 5) is 19.4. The number of benzene rings is 2. The summed E-state index contributed by atoms with van der Waals surface area (Å²) in [6.45, 7) is 3.71. The minimum Gasteiger partial charge on any atom is -0.490 e. The number of piperidine rings is 1. The number of rotatable bonds is 7. The molecule has 10 heteroatoms. The topological polar surface area (TPSA) is 73.4 Å². The first-order valence-corrected chi connectivity index (χ1v) is 13.3. The number of likely N-dealkylation sites (tertiary alicyclic amines) is 1. The van der Waals surface area contributed by atoms with E-state index in [0.29, 0.717) is 15.4 Å². The van der Waals surface area contributed by atoms with E-state index in [0.717, 1.165) is 48.8 Å². The lowest BCUT2D eigenvalue weighted by atomic mass is 9.90. The monoisotopic (exact) mass is 542 g/mol. The Morgan fingerprint density at radius 1 is 1.18 bits per heavy atom. The van der Waals surface area contributed by atoms with Gasteiger partial charge >= 0.3 is 6.18 Å². The molecule has 1 amide bonds. The van der Waals surface area contributed by atoms with Crippen LogP contribution in [0.15, 0.2) is 54.9 Å². The third-order valence-electron chi connectivity index (χ3n) is 7.07. The van der Waals surface area contributed by atoms with Gasteiger partial charge in [0.15, 0.2) is 0 Å². The summed E-state index contributed by atoms with van der Waals surface area (Å²) in [5.74, 6) is -0.344. The molecule has 0 radical (unpaired) electrons. The number of alkyl halides is 3. The van der Waals surface area contributed by atoms with Crippen molar-refractivity contribution in [2.24, 2.45) is 5.73 Å². The van der Waals surface area contributed by atoms with Crippen LogP contribution < -0.4 is 10.5 Å². The number of ether oxygens (including phenoxy) is 1. The third kappa shape index (κ3) is 5.42. The minimum atomic E-state index is -4.46. The number of carbonyl (C=O) groups excluding carboxylic acids is 1. The summed E-state index contributed by atoms with van der Waals surface area (Å²) in [6.07, 6.45) is -0.485. The molecule has 0 bridgehead atoms. The molecule has 0 saturated carbocycles. The fourth-order valence-electron chi connectivity index (χ4n) is 5.05. The maximum absolute atomic E-state index is 13.6. The number of thiophene rings is 1. The van der Waals surface area contributed by atoms with Gasteiger partial charge in [-0.1, -0.05) is 25.1 Å². The van der Waals surface area contributed by atoms with Gasteiger partial charge in [0.25, 0.3) is 5.91 Å². The standard InChI is InChI=1S/C28H29F3N4O2S/c1-17(21-5-3-4-6-22(21)28(29,30)31)13-18-14-25(38-26(18)27(32)36)35-16-33-23-8-7-20(15-24(23)35)37-19-9-11-34(2)12-10-19/h3-8,14-17,19H,9-13H2,1-2H3,(H2,32,36). The van der Waals surface area contributed by atoms with Crippen LogP contribution in [-0.4, -0.2) is 46.6 Å². The average molecular weight is 543 g/mol. The van der Waals surface area contributed by atoms with Gasteiger partial charge in [-0.15, -0.1) is 11.3 Å². The molecule has 5 rings (SSSR count). The summed E-state index contributed by atoms with van der Waals surface area (Å²) in [7, 11) is 2.10. The highest BCUT2D eigenvalue weighted by molar-refractivity contribution is 7.16. The van der Waals surface area contributed by atoms with Gasteiger partial charge in [-0.2, -0.15) is 13.2 Å². The van der Waals surface area contributed by atoms with Crippen molar-refractivity contribution in [3.05, 3.63) is 76.4 Å². The van der Waals surface area contributed by atoms with Crippen LogP contribution in [0, 0.1) is 0 Å². The van der Waals surface area contributed by atoms with E-state index < -0.39 is 23.6 Å². The molecule has 2 aromatic heterocycles. The van der Waals surface area contributed by atoms with Crippen molar-refractivity contribution < 1.29 is 22.7 Å². The summed E-state index contributed by atoms with van der Waals surface area (Å²) in [5.41, 5.74) is 7.41. The minimum absolute atomic E-state index is 0.149. The number of nitrogens with two attached hydrogens (primary N) is 1. The average Bonchev–Trinajstić information content (AvgIpc) is 3.49. The van der Waals surface area contributed by atoms with Crippen molar-refractivity contribution in [1.29, 1.82) is 0 Å². The number of hydrogen-bond donors (Lipinski definition) is 1. The molecule has 0 aliphatic carbocycles. The van der Waals surface area contributed by atoms with Crippen molar-refractivity contribution in [3.63, 3.8) is 0 Å². The lowest BCUT2D eigenvalue weighted by Crippen LogP contribution is -2.35. The molecule has 6 nitrogen and oxygen atoms in total. The Labute approximate surface area is 222 Å². The molecule has 2 N–H and O–H groups in total. The number of fused-ring (bicyclic) bond motifs is 1. The Bertz CT molecular complexity index is 1450. The first kappa shape index (κ1) is 26.2. The van der Waals surface area contributed by atoms with Crippen molar-refractivity contribution in [2.45, 2.75) is 44.4 Å². The maximum atomic E-state index is 13.6. The Hall–Kier alpha value is -3.37. The van der Waals surface area contributed by atoms with Gasteiger partial charge in [0.2, 0.25) is 0 Å². The second-order valence-electron chi connectivity index (χ2n) is 9.88. The quantitative estimate of drug-likeness (QED) is 0.310. The number of nitrogens with zero attached hydrogens (tertiary/aromatic N) is 3. The molecule has 1 fully saturated rings. The number of carbonyl (C=O) groups is 1. The Kier molecular flexibility index (Phi) is 7.19. The zero-order chi connectivity index (χ0) is 27.0. The molecule has 0 spiro atoms. The molecule has 1 unspecified atom stereocenters. The lowest BCUT2D eigenvalue weighted by molar-refractivity contribution is -0.138. The molecule has 2 aromatic carbocycles. The van der Waals surface area contributed by atoms with E-state index in [1.807, 2.05) is 28.8 Å². The first-order valence-electron chi connectivity index (χ1n) is 12.5. The fourth-order valence-corrected chi connectivity index (χ4v) is 6.08. The number of amides is 1. The van der Waals surface area contributed by atoms with Gasteiger partial charge in [0.1, 0.15) is 23.2 Å². The van der Waals surface area contributed by atoms with Gasteiger partial charge in [-0.3, -0.25) is 9.36 Å². The van der Waals surface area contributed by atoms with E-state index in [4.69, 9.17) is 10.5 Å². The maximum Gasteiger partial charge on any atom is 0.416 e. The number of hydrogen-bond acceptors (Lipinski definition) is 5. The number of imidazole rings is 1. The van der Waals surface area contributed by atoms with Crippen LogP contribution in [0.3, 0.4) is 0 Å². The smallest absolute Gasteiger partial charge is 0.416 e. The van der Waals surface area contributed by atoms with Crippen LogP contribution >= 0.6 is 11.3 Å². The highest BCUT2D eigenvalue weighted by Crippen LogP contribution is 2.38. The Balaban J connectivity index is 1.44. The summed E-state index contributed by atoms with van der Waals surface area (Å²) in [6, 6.07) is 13.1. The summed E-state index contributed by atoms with van der Waals surface area (Å²) >= 11 is 1.21. The highest BCUT2D eigenvalue weighted by atomic mass is 32.1. The normalized spacial score (nSPS) is 16.1. The number of primary amides is 1. The second kappa shape index (κ2) is 10.4. The molecule has 1 aliphatic rings. The van der Waals surface area contributed by atoms with Gasteiger partial charge in [-0.25, -0.2) is 4.98 Å². The Morgan fingerprint density at radius 2 is 1.92 bits per heavy atom. The Morgan fingerprint density at radius 3 is 2.63 bits per heavy atom. The van der Waals surface area contributed by atoms with E-state index in [2.05, 4.69) is 16.9 Å². The molecular formula is C28H29F3N4O2S. The fraction of sp³-hybridized carbons (Fsp3) is 0.357. The first-order chi connectivity index (χ1) is 18.1. The van der Waals surface area contributed by atoms with Crippen molar-refractivity contribution in [2.75, 3.05) is 20.1 Å². The summed E-state index contributed by atoms with van der Waals surface area (Å²) in [5, 5.41) is 0.712. The zero-order valence-corrected chi connectivity index (χ0v) is 22.0. The van der Waals surface area contributed by atoms with Crippen LogP contribution in [-0.2, 0) is 12.6 Å². The largest absolute Gasteiger partial charge is 0.490 e. The molecule has 38 heavy (non-hydrogen) atoms. The molecule has 1 aliphatic heterocycles. The molecule has 1 saturated heterocycles. The third-order valence-corrected chi connectivity index (χ3v) is 8.26. The molecular weight excluding hydrogens is 513 g/mol. The van der Waals surface area contributed by atoms with Gasteiger partial charge in [0, 0.05) is 19.2 Å². The molecule has 3 heterocycles. The van der Waals surface area contributed by atoms with Crippen LogP contribution in [0.2, 0.25) is 0 Å². The van der Waals surface area contributed by atoms with E-state index in [-0.39, 0.29) is 18.1 Å². The van der Waals surface area contributed by atoms with Crippen molar-refractivity contribution in [3.8, 4) is 10.8 Å². The summed E-state index contributed by atoms with van der Waals surface area (Å²) < 4.78 is 48.9. The van der Waals surface area contributed by atoms with E-state index in [9.17, 15) is 18.0 Å². The second-order valence-corrected chi connectivity index (χ2v) is 10.9. The van der Waals surface area contributed by atoms with E-state index in [1.165, 1.54) is 23.5 Å². The van der Waals surface area contributed by atoms with Crippen LogP contribution in [0.4, 0.5) is 13.2 Å². The molecule has 200 valence electrons. The van der Waals surface area contributed by atoms with E-state index >= 15 is 0 Å². The van der Waals surface area contributed by atoms with Crippen molar-refractivity contribution >= 4 is 28.3 Å². The van der Waals surface area contributed by atoms with Crippen LogP contribution in [0.5, 0.6) is 5.75 Å². The van der Waals surface area contributed by atoms with E-state index in [1.54, 1.807) is 19.3 Å². The van der Waals surface area contributed by atoms with Gasteiger partial charge in [0.05, 0.1) is 21.5 Å². The lowest BCUT2D eigenvalue weighted by Gasteiger charge is -2.29. The van der Waals surface area contributed by atoms with Gasteiger partial charge in [-0.05, 0) is 67.6 Å². The predicted octanol–water partition coefficient (Wildman–Crippen LogP) is 6.02. The number of halogens is 3. The number of aromatic nitrogens is 2. The van der Waals surface area contributed by atoms with Crippen LogP contribution in [0.1, 0.15) is 52.0 Å². The predicted molar refractivity (Wildman–Crippen MR) is 142 cm³/mol. The molecule has 4 aromatic rings. The SMILES string of the molecule is CC(Cc1cc(-n2cnc3ccc(OC4CCN(C)CC4)cc32)sc1C(N)=O)c1ccccc1C(F)(F)F.